The maximum atomic E-state index is 13.7. The van der Waals surface area contributed by atoms with Gasteiger partial charge in [0, 0.05) is 4.47 Å². The van der Waals surface area contributed by atoms with Crippen molar-refractivity contribution in [1.82, 2.24) is 0 Å². The standard InChI is InChI=1S/C14H13BrFNO3S/c1-9(18)10-5-7-11(8-6-10)21(19,20)17-14-12(15)3-2-4-13(14)16/h2-9,17-18H,1H3. The summed E-state index contributed by atoms with van der Waals surface area (Å²) in [5, 5.41) is 9.40. The molecule has 7 heteroatoms. The summed E-state index contributed by atoms with van der Waals surface area (Å²) in [5.41, 5.74) is 0.457. The van der Waals surface area contributed by atoms with Crippen molar-refractivity contribution in [2.45, 2.75) is 17.9 Å². The van der Waals surface area contributed by atoms with E-state index in [0.717, 1.165) is 0 Å². The highest BCUT2D eigenvalue weighted by atomic mass is 79.9. The van der Waals surface area contributed by atoms with Gasteiger partial charge in [-0.3, -0.25) is 4.72 Å². The molecule has 0 aromatic heterocycles. The number of rotatable bonds is 4. The summed E-state index contributed by atoms with van der Waals surface area (Å²) in [6, 6.07) is 9.91. The van der Waals surface area contributed by atoms with Crippen molar-refractivity contribution < 1.29 is 17.9 Å². The highest BCUT2D eigenvalue weighted by Crippen LogP contribution is 2.28. The Morgan fingerprint density at radius 2 is 1.81 bits per heavy atom. The van der Waals surface area contributed by atoms with Crippen LogP contribution in [0.25, 0.3) is 0 Å². The summed E-state index contributed by atoms with van der Waals surface area (Å²) >= 11 is 3.10. The number of aliphatic hydroxyl groups excluding tert-OH is 1. The van der Waals surface area contributed by atoms with Gasteiger partial charge in [0.2, 0.25) is 0 Å². The summed E-state index contributed by atoms with van der Waals surface area (Å²) in [6.07, 6.45) is -0.685. The molecule has 0 aliphatic carbocycles. The van der Waals surface area contributed by atoms with Crippen molar-refractivity contribution in [3.63, 3.8) is 0 Å². The highest BCUT2D eigenvalue weighted by molar-refractivity contribution is 9.10. The van der Waals surface area contributed by atoms with Gasteiger partial charge < -0.3 is 5.11 Å². The van der Waals surface area contributed by atoms with E-state index in [2.05, 4.69) is 20.7 Å². The number of hydrogen-bond donors (Lipinski definition) is 2. The number of para-hydroxylation sites is 1. The van der Waals surface area contributed by atoms with E-state index in [0.29, 0.717) is 10.0 Å². The van der Waals surface area contributed by atoms with Gasteiger partial charge in [-0.2, -0.15) is 0 Å². The van der Waals surface area contributed by atoms with E-state index in [1.54, 1.807) is 6.92 Å². The monoisotopic (exact) mass is 373 g/mol. The minimum atomic E-state index is -3.90. The molecular weight excluding hydrogens is 361 g/mol. The molecule has 0 fully saturated rings. The summed E-state index contributed by atoms with van der Waals surface area (Å²) in [6.45, 7) is 1.58. The van der Waals surface area contributed by atoms with Crippen molar-refractivity contribution in [2.75, 3.05) is 4.72 Å². The van der Waals surface area contributed by atoms with E-state index in [4.69, 9.17) is 0 Å². The normalized spacial score (nSPS) is 13.0. The fourth-order valence-electron chi connectivity index (χ4n) is 1.71. The van der Waals surface area contributed by atoms with Crippen LogP contribution in [0, 0.1) is 5.82 Å². The minimum Gasteiger partial charge on any atom is -0.389 e. The highest BCUT2D eigenvalue weighted by Gasteiger charge is 2.18. The third kappa shape index (κ3) is 3.61. The lowest BCUT2D eigenvalue weighted by Gasteiger charge is -2.11. The predicted molar refractivity (Wildman–Crippen MR) is 82.0 cm³/mol. The molecule has 0 saturated carbocycles. The molecule has 21 heavy (non-hydrogen) atoms. The Bertz CT molecular complexity index is 725. The molecule has 0 bridgehead atoms. The molecule has 0 amide bonds. The summed E-state index contributed by atoms with van der Waals surface area (Å²) in [7, 11) is -3.90. The van der Waals surface area contributed by atoms with Gasteiger partial charge in [-0.05, 0) is 52.7 Å². The smallest absolute Gasteiger partial charge is 0.262 e. The van der Waals surface area contributed by atoms with E-state index in [1.165, 1.54) is 42.5 Å². The Morgan fingerprint density at radius 3 is 2.33 bits per heavy atom. The van der Waals surface area contributed by atoms with Crippen LogP contribution in [-0.2, 0) is 10.0 Å². The molecule has 1 unspecified atom stereocenters. The third-order valence-corrected chi connectivity index (χ3v) is 4.90. The second-order valence-corrected chi connectivity index (χ2v) is 6.98. The number of anilines is 1. The molecule has 0 saturated heterocycles. The van der Waals surface area contributed by atoms with Crippen LogP contribution in [0.3, 0.4) is 0 Å². The predicted octanol–water partition coefficient (Wildman–Crippen LogP) is 3.44. The molecule has 0 heterocycles. The zero-order valence-corrected chi connectivity index (χ0v) is 13.4. The van der Waals surface area contributed by atoms with Crippen molar-refractivity contribution in [2.24, 2.45) is 0 Å². The summed E-state index contributed by atoms with van der Waals surface area (Å²) < 4.78 is 40.6. The van der Waals surface area contributed by atoms with Gasteiger partial charge in [-0.25, -0.2) is 12.8 Å². The molecule has 2 aromatic rings. The molecule has 2 rings (SSSR count). The van der Waals surface area contributed by atoms with Crippen LogP contribution >= 0.6 is 15.9 Å². The number of nitrogens with one attached hydrogen (secondary N) is 1. The fraction of sp³-hybridized carbons (Fsp3) is 0.143. The van der Waals surface area contributed by atoms with Crippen LogP contribution in [0.1, 0.15) is 18.6 Å². The minimum absolute atomic E-state index is 0.0120. The molecule has 2 N–H and O–H groups in total. The van der Waals surface area contributed by atoms with E-state index < -0.39 is 21.9 Å². The summed E-state index contributed by atoms with van der Waals surface area (Å²) in [4.78, 5) is -0.0120. The Hall–Kier alpha value is -1.44. The molecule has 0 aliphatic heterocycles. The van der Waals surface area contributed by atoms with Gasteiger partial charge >= 0.3 is 0 Å². The molecule has 0 aliphatic rings. The first-order valence-corrected chi connectivity index (χ1v) is 8.34. The Labute approximate surface area is 130 Å². The topological polar surface area (TPSA) is 66.4 Å². The van der Waals surface area contributed by atoms with Gasteiger partial charge in [-0.1, -0.05) is 18.2 Å². The molecule has 1 atom stereocenters. The zero-order chi connectivity index (χ0) is 15.6. The molecule has 112 valence electrons. The Balaban J connectivity index is 2.34. The lowest BCUT2D eigenvalue weighted by molar-refractivity contribution is 0.199. The van der Waals surface area contributed by atoms with E-state index in [-0.39, 0.29) is 10.6 Å². The van der Waals surface area contributed by atoms with Crippen LogP contribution in [0.15, 0.2) is 51.8 Å². The van der Waals surface area contributed by atoms with Crippen LogP contribution in [0.4, 0.5) is 10.1 Å². The first-order valence-electron chi connectivity index (χ1n) is 6.06. The average Bonchev–Trinajstić information content (AvgIpc) is 2.43. The van der Waals surface area contributed by atoms with E-state index in [9.17, 15) is 17.9 Å². The van der Waals surface area contributed by atoms with Gasteiger partial charge in [0.1, 0.15) is 5.82 Å². The maximum Gasteiger partial charge on any atom is 0.262 e. The van der Waals surface area contributed by atoms with Crippen LogP contribution < -0.4 is 4.72 Å². The maximum absolute atomic E-state index is 13.7. The third-order valence-electron chi connectivity index (χ3n) is 2.87. The van der Waals surface area contributed by atoms with Crippen LogP contribution in [0.5, 0.6) is 0 Å². The SMILES string of the molecule is CC(O)c1ccc(S(=O)(=O)Nc2c(F)cccc2Br)cc1. The quantitative estimate of drug-likeness (QED) is 0.862. The van der Waals surface area contributed by atoms with Crippen LogP contribution in [-0.4, -0.2) is 13.5 Å². The molecule has 2 aromatic carbocycles. The van der Waals surface area contributed by atoms with Crippen molar-refractivity contribution >= 4 is 31.6 Å². The Kier molecular flexibility index (Phi) is 4.65. The lowest BCUT2D eigenvalue weighted by Crippen LogP contribution is -2.14. The van der Waals surface area contributed by atoms with E-state index >= 15 is 0 Å². The number of hydrogen-bond acceptors (Lipinski definition) is 3. The van der Waals surface area contributed by atoms with Crippen molar-refractivity contribution in [3.05, 3.63) is 58.3 Å². The van der Waals surface area contributed by atoms with Crippen LogP contribution in [0.2, 0.25) is 0 Å². The number of aliphatic hydroxyl groups is 1. The van der Waals surface area contributed by atoms with Crippen molar-refractivity contribution in [1.29, 1.82) is 0 Å². The van der Waals surface area contributed by atoms with E-state index in [1.807, 2.05) is 0 Å². The molecule has 0 radical (unpaired) electrons. The molecule has 4 nitrogen and oxygen atoms in total. The second-order valence-electron chi connectivity index (χ2n) is 4.45. The number of sulfonamides is 1. The number of benzene rings is 2. The first-order chi connectivity index (χ1) is 9.81. The largest absolute Gasteiger partial charge is 0.389 e. The van der Waals surface area contributed by atoms with Gasteiger partial charge in [0.05, 0.1) is 16.7 Å². The van der Waals surface area contributed by atoms with Gasteiger partial charge in [-0.15, -0.1) is 0 Å². The van der Waals surface area contributed by atoms with Gasteiger partial charge in [0.25, 0.3) is 10.0 Å². The lowest BCUT2D eigenvalue weighted by atomic mass is 10.1. The number of halogens is 2. The van der Waals surface area contributed by atoms with Gasteiger partial charge in [0.15, 0.2) is 0 Å². The first kappa shape index (κ1) is 15.9. The molecule has 0 spiro atoms. The fourth-order valence-corrected chi connectivity index (χ4v) is 3.37. The average molecular weight is 374 g/mol. The Morgan fingerprint density at radius 1 is 1.19 bits per heavy atom. The summed E-state index contributed by atoms with van der Waals surface area (Å²) in [5.74, 6) is -0.673. The second kappa shape index (κ2) is 6.13. The zero-order valence-electron chi connectivity index (χ0n) is 11.0. The van der Waals surface area contributed by atoms with Crippen molar-refractivity contribution in [3.8, 4) is 0 Å². The molecular formula is C14H13BrFNO3S.